The SMILES string of the molecule is COC(CNc1ccccc1N1CCOCC1)OC. The zero-order valence-electron chi connectivity index (χ0n) is 11.6. The molecule has 0 spiro atoms. The third-order valence-corrected chi connectivity index (χ3v) is 3.24. The maximum absolute atomic E-state index is 5.39. The summed E-state index contributed by atoms with van der Waals surface area (Å²) >= 11 is 0. The molecule has 0 amide bonds. The van der Waals surface area contributed by atoms with E-state index in [-0.39, 0.29) is 6.29 Å². The molecule has 1 aromatic rings. The second-order valence-corrected chi connectivity index (χ2v) is 4.40. The van der Waals surface area contributed by atoms with Crippen molar-refractivity contribution in [3.05, 3.63) is 24.3 Å². The molecule has 1 heterocycles. The van der Waals surface area contributed by atoms with Gasteiger partial charge < -0.3 is 24.4 Å². The molecule has 1 aromatic carbocycles. The van der Waals surface area contributed by atoms with Gasteiger partial charge in [-0.1, -0.05) is 12.1 Å². The minimum atomic E-state index is -0.238. The van der Waals surface area contributed by atoms with Gasteiger partial charge in [0.2, 0.25) is 0 Å². The predicted molar refractivity (Wildman–Crippen MR) is 75.8 cm³/mol. The smallest absolute Gasteiger partial charge is 0.173 e. The fraction of sp³-hybridized carbons (Fsp3) is 0.571. The number of hydrogen-bond donors (Lipinski definition) is 1. The van der Waals surface area contributed by atoms with Gasteiger partial charge in [0.05, 0.1) is 31.1 Å². The Morgan fingerprint density at radius 3 is 2.58 bits per heavy atom. The number of benzene rings is 1. The summed E-state index contributed by atoms with van der Waals surface area (Å²) < 4.78 is 15.8. The highest BCUT2D eigenvalue weighted by atomic mass is 16.7. The molecule has 19 heavy (non-hydrogen) atoms. The van der Waals surface area contributed by atoms with E-state index >= 15 is 0 Å². The van der Waals surface area contributed by atoms with Gasteiger partial charge in [0.25, 0.3) is 0 Å². The van der Waals surface area contributed by atoms with Crippen molar-refractivity contribution in [3.8, 4) is 0 Å². The molecule has 1 aliphatic rings. The molecule has 5 heteroatoms. The molecule has 0 aromatic heterocycles. The molecule has 1 aliphatic heterocycles. The van der Waals surface area contributed by atoms with Gasteiger partial charge in [0.15, 0.2) is 6.29 Å². The second-order valence-electron chi connectivity index (χ2n) is 4.40. The van der Waals surface area contributed by atoms with E-state index in [1.165, 1.54) is 5.69 Å². The van der Waals surface area contributed by atoms with Crippen LogP contribution >= 0.6 is 0 Å². The topological polar surface area (TPSA) is 43.0 Å². The van der Waals surface area contributed by atoms with E-state index in [1.807, 2.05) is 6.07 Å². The molecular weight excluding hydrogens is 244 g/mol. The summed E-state index contributed by atoms with van der Waals surface area (Å²) in [5.41, 5.74) is 2.31. The van der Waals surface area contributed by atoms with Crippen LogP contribution in [0, 0.1) is 0 Å². The Bertz CT molecular complexity index is 377. The van der Waals surface area contributed by atoms with Crippen LogP contribution < -0.4 is 10.2 Å². The standard InChI is InChI=1S/C14H22N2O3/c1-17-14(18-2)11-15-12-5-3-4-6-13(12)16-7-9-19-10-8-16/h3-6,14-15H,7-11H2,1-2H3. The summed E-state index contributed by atoms with van der Waals surface area (Å²) in [5.74, 6) is 0. The van der Waals surface area contributed by atoms with Gasteiger partial charge in [-0.15, -0.1) is 0 Å². The van der Waals surface area contributed by atoms with Crippen LogP contribution in [0.25, 0.3) is 0 Å². The number of para-hydroxylation sites is 2. The quantitative estimate of drug-likeness (QED) is 0.791. The molecule has 0 bridgehead atoms. The number of anilines is 2. The van der Waals surface area contributed by atoms with Crippen LogP contribution in [0.2, 0.25) is 0 Å². The minimum absolute atomic E-state index is 0.238. The first-order chi connectivity index (χ1) is 9.35. The van der Waals surface area contributed by atoms with Crippen LogP contribution in [-0.4, -0.2) is 53.4 Å². The van der Waals surface area contributed by atoms with Crippen molar-refractivity contribution < 1.29 is 14.2 Å². The molecule has 0 saturated carbocycles. The summed E-state index contributed by atoms with van der Waals surface area (Å²) in [5, 5.41) is 3.38. The Balaban J connectivity index is 2.03. The van der Waals surface area contributed by atoms with Crippen LogP contribution in [0.5, 0.6) is 0 Å². The molecule has 0 atom stereocenters. The maximum Gasteiger partial charge on any atom is 0.173 e. The molecule has 0 aliphatic carbocycles. The van der Waals surface area contributed by atoms with E-state index in [0.717, 1.165) is 32.0 Å². The van der Waals surface area contributed by atoms with E-state index in [2.05, 4.69) is 28.4 Å². The van der Waals surface area contributed by atoms with Gasteiger partial charge in [-0.05, 0) is 12.1 Å². The van der Waals surface area contributed by atoms with Gasteiger partial charge in [-0.3, -0.25) is 0 Å². The Labute approximate surface area is 114 Å². The molecule has 1 N–H and O–H groups in total. The Hall–Kier alpha value is -1.30. The Kier molecular flexibility index (Phi) is 5.44. The monoisotopic (exact) mass is 266 g/mol. The third-order valence-electron chi connectivity index (χ3n) is 3.24. The lowest BCUT2D eigenvalue weighted by Crippen LogP contribution is -2.36. The van der Waals surface area contributed by atoms with Crippen molar-refractivity contribution in [1.82, 2.24) is 0 Å². The average molecular weight is 266 g/mol. The highest BCUT2D eigenvalue weighted by Crippen LogP contribution is 2.26. The van der Waals surface area contributed by atoms with Crippen LogP contribution in [0.3, 0.4) is 0 Å². The second kappa shape index (κ2) is 7.33. The molecule has 1 fully saturated rings. The highest BCUT2D eigenvalue weighted by molar-refractivity contribution is 5.70. The van der Waals surface area contributed by atoms with E-state index in [1.54, 1.807) is 14.2 Å². The van der Waals surface area contributed by atoms with Crippen LogP contribution in [0.4, 0.5) is 11.4 Å². The van der Waals surface area contributed by atoms with Crippen LogP contribution in [0.1, 0.15) is 0 Å². The zero-order chi connectivity index (χ0) is 13.5. The van der Waals surface area contributed by atoms with E-state index < -0.39 is 0 Å². The lowest BCUT2D eigenvalue weighted by molar-refractivity contribution is -0.0914. The lowest BCUT2D eigenvalue weighted by Gasteiger charge is -2.31. The van der Waals surface area contributed by atoms with Gasteiger partial charge in [-0.2, -0.15) is 0 Å². The number of morpholine rings is 1. The minimum Gasteiger partial charge on any atom is -0.378 e. The van der Waals surface area contributed by atoms with Gasteiger partial charge in [0.1, 0.15) is 0 Å². The average Bonchev–Trinajstić information content (AvgIpc) is 2.49. The van der Waals surface area contributed by atoms with Gasteiger partial charge in [-0.25, -0.2) is 0 Å². The lowest BCUT2D eigenvalue weighted by atomic mass is 10.2. The summed E-state index contributed by atoms with van der Waals surface area (Å²) in [6.45, 7) is 4.04. The van der Waals surface area contributed by atoms with Crippen molar-refractivity contribution in [2.24, 2.45) is 0 Å². The van der Waals surface area contributed by atoms with Gasteiger partial charge >= 0.3 is 0 Å². The summed E-state index contributed by atoms with van der Waals surface area (Å²) in [6.07, 6.45) is -0.238. The molecule has 2 rings (SSSR count). The highest BCUT2D eigenvalue weighted by Gasteiger charge is 2.15. The number of methoxy groups -OCH3 is 2. The van der Waals surface area contributed by atoms with Crippen molar-refractivity contribution in [1.29, 1.82) is 0 Å². The normalized spacial score (nSPS) is 15.8. The molecule has 106 valence electrons. The Morgan fingerprint density at radius 1 is 1.21 bits per heavy atom. The van der Waals surface area contributed by atoms with Crippen LogP contribution in [-0.2, 0) is 14.2 Å². The largest absolute Gasteiger partial charge is 0.378 e. The summed E-state index contributed by atoms with van der Waals surface area (Å²) in [7, 11) is 3.29. The van der Waals surface area contributed by atoms with Crippen molar-refractivity contribution in [2.75, 3.05) is 57.3 Å². The van der Waals surface area contributed by atoms with Crippen molar-refractivity contribution in [2.45, 2.75) is 6.29 Å². The molecule has 5 nitrogen and oxygen atoms in total. The van der Waals surface area contributed by atoms with Crippen LogP contribution in [0.15, 0.2) is 24.3 Å². The fourth-order valence-corrected chi connectivity index (χ4v) is 2.16. The number of rotatable bonds is 6. The van der Waals surface area contributed by atoms with E-state index in [9.17, 15) is 0 Å². The van der Waals surface area contributed by atoms with Crippen molar-refractivity contribution >= 4 is 11.4 Å². The summed E-state index contributed by atoms with van der Waals surface area (Å²) in [6, 6.07) is 8.29. The maximum atomic E-state index is 5.39. The third kappa shape index (κ3) is 3.83. The zero-order valence-corrected chi connectivity index (χ0v) is 11.6. The first kappa shape index (κ1) is 14.1. The first-order valence-electron chi connectivity index (χ1n) is 6.56. The number of nitrogens with zero attached hydrogens (tertiary/aromatic N) is 1. The molecule has 0 unspecified atom stereocenters. The predicted octanol–water partition coefficient (Wildman–Crippen LogP) is 1.55. The molecular formula is C14H22N2O3. The van der Waals surface area contributed by atoms with Gasteiger partial charge in [0, 0.05) is 27.3 Å². The van der Waals surface area contributed by atoms with E-state index in [0.29, 0.717) is 6.54 Å². The number of nitrogens with one attached hydrogen (secondary N) is 1. The molecule has 1 saturated heterocycles. The Morgan fingerprint density at radius 2 is 1.89 bits per heavy atom. The number of hydrogen-bond acceptors (Lipinski definition) is 5. The fourth-order valence-electron chi connectivity index (χ4n) is 2.16. The summed E-state index contributed by atoms with van der Waals surface area (Å²) in [4.78, 5) is 2.33. The first-order valence-corrected chi connectivity index (χ1v) is 6.56. The van der Waals surface area contributed by atoms with Crippen molar-refractivity contribution in [3.63, 3.8) is 0 Å². The number of ether oxygens (including phenoxy) is 3. The van der Waals surface area contributed by atoms with E-state index in [4.69, 9.17) is 14.2 Å². The molecule has 0 radical (unpaired) electrons.